The molecule has 10 nitrogen and oxygen atoms in total. The standard InChI is InChI=1S/C20H25N3O3S.C2H2O4/c1-15-5-3-4-6-20(15)22-18-11-13-23(14-12-18)27(25,26)19-9-7-17(8-10-19)21-16(2)24;3-1(4)2(5)6/h3-10,18,22H,11-14H2,1-2H3,(H,21,24);(H,3,4)(H,5,6). The van der Waals surface area contributed by atoms with Crippen LogP contribution in [0.15, 0.2) is 53.4 Å². The molecule has 0 unspecified atom stereocenters. The summed E-state index contributed by atoms with van der Waals surface area (Å²) in [6, 6.07) is 14.7. The third-order valence-corrected chi connectivity index (χ3v) is 6.87. The summed E-state index contributed by atoms with van der Waals surface area (Å²) in [5.41, 5.74) is 2.88. The van der Waals surface area contributed by atoms with E-state index in [1.165, 1.54) is 28.9 Å². The third kappa shape index (κ3) is 7.58. The number of aryl methyl sites for hydroxylation is 1. The highest BCUT2D eigenvalue weighted by atomic mass is 32.2. The number of carboxylic acid groups (broad SMARTS) is 2. The molecule has 1 heterocycles. The van der Waals surface area contributed by atoms with Gasteiger partial charge >= 0.3 is 11.9 Å². The van der Waals surface area contributed by atoms with Crippen molar-refractivity contribution in [2.75, 3.05) is 23.7 Å². The molecule has 0 bridgehead atoms. The van der Waals surface area contributed by atoms with Crippen molar-refractivity contribution in [1.29, 1.82) is 0 Å². The largest absolute Gasteiger partial charge is 0.473 e. The summed E-state index contributed by atoms with van der Waals surface area (Å²) >= 11 is 0. The van der Waals surface area contributed by atoms with E-state index in [9.17, 15) is 13.2 Å². The summed E-state index contributed by atoms with van der Waals surface area (Å²) in [5.74, 6) is -3.83. The molecule has 0 spiro atoms. The van der Waals surface area contributed by atoms with Gasteiger partial charge in [-0.15, -0.1) is 0 Å². The summed E-state index contributed by atoms with van der Waals surface area (Å²) in [4.78, 5) is 29.5. The maximum absolute atomic E-state index is 12.9. The van der Waals surface area contributed by atoms with Crippen molar-refractivity contribution in [3.05, 3.63) is 54.1 Å². The average Bonchev–Trinajstić information content (AvgIpc) is 2.76. The number of carboxylic acids is 2. The van der Waals surface area contributed by atoms with Crippen LogP contribution < -0.4 is 10.6 Å². The zero-order valence-corrected chi connectivity index (χ0v) is 19.1. The summed E-state index contributed by atoms with van der Waals surface area (Å²) < 4.78 is 27.3. The van der Waals surface area contributed by atoms with E-state index in [2.05, 4.69) is 29.7 Å². The molecule has 0 radical (unpaired) electrons. The fraction of sp³-hybridized carbons (Fsp3) is 0.318. The maximum atomic E-state index is 12.9. The quantitative estimate of drug-likeness (QED) is 0.479. The van der Waals surface area contributed by atoms with Crippen LogP contribution in [0.2, 0.25) is 0 Å². The Morgan fingerprint density at radius 2 is 1.48 bits per heavy atom. The van der Waals surface area contributed by atoms with Crippen LogP contribution in [0.4, 0.5) is 11.4 Å². The molecule has 11 heteroatoms. The van der Waals surface area contributed by atoms with Crippen molar-refractivity contribution >= 4 is 39.2 Å². The van der Waals surface area contributed by atoms with Gasteiger partial charge in [-0.05, 0) is 55.7 Å². The molecule has 1 saturated heterocycles. The number of amides is 1. The molecular formula is C22H27N3O7S. The summed E-state index contributed by atoms with van der Waals surface area (Å²) in [6.07, 6.45) is 1.52. The van der Waals surface area contributed by atoms with Gasteiger partial charge in [0.05, 0.1) is 4.90 Å². The number of aliphatic carboxylic acids is 2. The summed E-state index contributed by atoms with van der Waals surface area (Å²) in [7, 11) is -3.52. The van der Waals surface area contributed by atoms with Crippen molar-refractivity contribution in [3.63, 3.8) is 0 Å². The Balaban J connectivity index is 0.000000569. The molecule has 1 aliphatic rings. The third-order valence-electron chi connectivity index (χ3n) is 4.95. The second-order valence-corrected chi connectivity index (χ2v) is 9.39. The zero-order valence-electron chi connectivity index (χ0n) is 18.3. The number of carbonyl (C=O) groups excluding carboxylic acids is 1. The number of piperidine rings is 1. The van der Waals surface area contributed by atoms with Crippen molar-refractivity contribution < 1.29 is 33.0 Å². The SMILES string of the molecule is CC(=O)Nc1ccc(S(=O)(=O)N2CCC(Nc3ccccc3C)CC2)cc1.O=C(O)C(=O)O. The number of hydrogen-bond acceptors (Lipinski definition) is 6. The van der Waals surface area contributed by atoms with E-state index < -0.39 is 22.0 Å². The van der Waals surface area contributed by atoms with E-state index in [1.54, 1.807) is 12.1 Å². The first-order valence-electron chi connectivity index (χ1n) is 10.2. The summed E-state index contributed by atoms with van der Waals surface area (Å²) in [6.45, 7) is 4.45. The van der Waals surface area contributed by atoms with Crippen LogP contribution >= 0.6 is 0 Å². The van der Waals surface area contributed by atoms with Crippen molar-refractivity contribution in [1.82, 2.24) is 4.31 Å². The van der Waals surface area contributed by atoms with Crippen LogP contribution in [0.3, 0.4) is 0 Å². The lowest BCUT2D eigenvalue weighted by atomic mass is 10.1. The lowest BCUT2D eigenvalue weighted by Gasteiger charge is -2.32. The Kier molecular flexibility index (Phi) is 8.94. The van der Waals surface area contributed by atoms with Gasteiger partial charge in [-0.1, -0.05) is 18.2 Å². The van der Waals surface area contributed by atoms with Crippen LogP contribution in [0.25, 0.3) is 0 Å². The fourth-order valence-electron chi connectivity index (χ4n) is 3.26. The van der Waals surface area contributed by atoms with Crippen LogP contribution in [-0.2, 0) is 24.4 Å². The maximum Gasteiger partial charge on any atom is 0.414 e. The molecule has 1 aliphatic heterocycles. The van der Waals surface area contributed by atoms with Crippen LogP contribution in [0.5, 0.6) is 0 Å². The molecule has 2 aromatic rings. The smallest absolute Gasteiger partial charge is 0.414 e. The summed E-state index contributed by atoms with van der Waals surface area (Å²) in [5, 5.41) is 20.9. The average molecular weight is 478 g/mol. The van der Waals surface area contributed by atoms with Gasteiger partial charge in [0.2, 0.25) is 15.9 Å². The predicted octanol–water partition coefficient (Wildman–Crippen LogP) is 2.37. The molecular weight excluding hydrogens is 450 g/mol. The number of nitrogens with one attached hydrogen (secondary N) is 2. The van der Waals surface area contributed by atoms with Crippen molar-refractivity contribution in [2.24, 2.45) is 0 Å². The number of para-hydroxylation sites is 1. The normalized spacial score (nSPS) is 14.5. The Morgan fingerprint density at radius 1 is 0.939 bits per heavy atom. The van der Waals surface area contributed by atoms with E-state index in [0.717, 1.165) is 18.5 Å². The van der Waals surface area contributed by atoms with E-state index in [-0.39, 0.29) is 16.8 Å². The Morgan fingerprint density at radius 3 is 1.97 bits per heavy atom. The minimum Gasteiger partial charge on any atom is -0.473 e. The number of sulfonamides is 1. The monoisotopic (exact) mass is 477 g/mol. The minimum absolute atomic E-state index is 0.186. The Bertz CT molecular complexity index is 1080. The number of hydrogen-bond donors (Lipinski definition) is 4. The first-order valence-corrected chi connectivity index (χ1v) is 11.6. The first-order chi connectivity index (χ1) is 15.5. The van der Waals surface area contributed by atoms with Crippen molar-refractivity contribution in [2.45, 2.75) is 37.6 Å². The molecule has 2 aromatic carbocycles. The molecule has 0 aromatic heterocycles. The Hall–Kier alpha value is -3.44. The number of benzene rings is 2. The molecule has 0 aliphatic carbocycles. The molecule has 33 heavy (non-hydrogen) atoms. The Labute approximate surface area is 192 Å². The highest BCUT2D eigenvalue weighted by Gasteiger charge is 2.29. The number of rotatable bonds is 5. The topological polar surface area (TPSA) is 153 Å². The van der Waals surface area contributed by atoms with Gasteiger partial charge in [-0.25, -0.2) is 18.0 Å². The zero-order chi connectivity index (χ0) is 24.6. The van der Waals surface area contributed by atoms with Gasteiger partial charge in [0, 0.05) is 37.4 Å². The highest BCUT2D eigenvalue weighted by Crippen LogP contribution is 2.24. The van der Waals surface area contributed by atoms with Gasteiger partial charge in [-0.3, -0.25) is 4.79 Å². The van der Waals surface area contributed by atoms with E-state index in [0.29, 0.717) is 18.8 Å². The van der Waals surface area contributed by atoms with Gasteiger partial charge in [-0.2, -0.15) is 4.31 Å². The van der Waals surface area contributed by atoms with Crippen LogP contribution in [-0.4, -0.2) is 59.9 Å². The van der Waals surface area contributed by atoms with Crippen molar-refractivity contribution in [3.8, 4) is 0 Å². The second-order valence-electron chi connectivity index (χ2n) is 7.45. The van der Waals surface area contributed by atoms with E-state index in [1.807, 2.05) is 12.1 Å². The van der Waals surface area contributed by atoms with Gasteiger partial charge in [0.1, 0.15) is 0 Å². The lowest BCUT2D eigenvalue weighted by Crippen LogP contribution is -2.42. The molecule has 4 N–H and O–H groups in total. The van der Waals surface area contributed by atoms with E-state index in [4.69, 9.17) is 19.8 Å². The minimum atomic E-state index is -3.52. The molecule has 178 valence electrons. The highest BCUT2D eigenvalue weighted by molar-refractivity contribution is 7.89. The molecule has 1 amide bonds. The van der Waals surface area contributed by atoms with Gasteiger partial charge in [0.15, 0.2) is 0 Å². The van der Waals surface area contributed by atoms with E-state index >= 15 is 0 Å². The molecule has 3 rings (SSSR count). The van der Waals surface area contributed by atoms with Gasteiger partial charge in [0.25, 0.3) is 0 Å². The lowest BCUT2D eigenvalue weighted by molar-refractivity contribution is -0.159. The van der Waals surface area contributed by atoms with Crippen LogP contribution in [0.1, 0.15) is 25.3 Å². The first kappa shape index (κ1) is 25.8. The predicted molar refractivity (Wildman–Crippen MR) is 123 cm³/mol. The fourth-order valence-corrected chi connectivity index (χ4v) is 4.73. The molecule has 1 fully saturated rings. The molecule has 0 atom stereocenters. The van der Waals surface area contributed by atoms with Crippen LogP contribution in [0, 0.1) is 6.92 Å². The second kappa shape index (κ2) is 11.4. The number of nitrogens with zero attached hydrogens (tertiary/aromatic N) is 1. The molecule has 0 saturated carbocycles. The number of carbonyl (C=O) groups is 3. The van der Waals surface area contributed by atoms with Gasteiger partial charge < -0.3 is 20.8 Å². The number of anilines is 2.